The summed E-state index contributed by atoms with van der Waals surface area (Å²) in [5.41, 5.74) is 3.46. The molecule has 0 fully saturated rings. The Labute approximate surface area is 131 Å². The molecule has 0 unspecified atom stereocenters. The molecule has 1 aliphatic rings. The van der Waals surface area contributed by atoms with Gasteiger partial charge in [0.15, 0.2) is 11.6 Å². The lowest BCUT2D eigenvalue weighted by Crippen LogP contribution is -2.35. The number of halogens is 2. The monoisotopic (exact) mass is 312 g/mol. The molecular formula is C18H14F2N2O. The van der Waals surface area contributed by atoms with Crippen molar-refractivity contribution in [3.05, 3.63) is 70.9 Å². The van der Waals surface area contributed by atoms with Crippen LogP contribution in [0.4, 0.5) is 8.78 Å². The summed E-state index contributed by atoms with van der Waals surface area (Å²) in [6.07, 6.45) is 0.745. The van der Waals surface area contributed by atoms with Gasteiger partial charge in [-0.3, -0.25) is 4.79 Å². The van der Waals surface area contributed by atoms with Crippen molar-refractivity contribution in [2.75, 3.05) is 6.54 Å². The normalized spacial score (nSPS) is 14.1. The summed E-state index contributed by atoms with van der Waals surface area (Å²) in [5, 5.41) is 1.18. The van der Waals surface area contributed by atoms with Crippen molar-refractivity contribution in [3.63, 3.8) is 0 Å². The number of para-hydroxylation sites is 1. The van der Waals surface area contributed by atoms with E-state index in [9.17, 15) is 13.6 Å². The summed E-state index contributed by atoms with van der Waals surface area (Å²) in [5.74, 6) is -2.23. The van der Waals surface area contributed by atoms with Gasteiger partial charge in [-0.2, -0.15) is 0 Å². The van der Waals surface area contributed by atoms with Crippen molar-refractivity contribution in [2.45, 2.75) is 13.0 Å². The lowest BCUT2D eigenvalue weighted by molar-refractivity contribution is 0.0732. The maximum atomic E-state index is 13.3. The topological polar surface area (TPSA) is 36.1 Å². The molecule has 3 aromatic rings. The summed E-state index contributed by atoms with van der Waals surface area (Å²) >= 11 is 0. The number of benzene rings is 2. The molecule has 3 nitrogen and oxygen atoms in total. The minimum atomic E-state index is -1.00. The molecule has 0 aliphatic carbocycles. The van der Waals surface area contributed by atoms with Gasteiger partial charge in [-0.15, -0.1) is 0 Å². The number of rotatable bonds is 1. The molecule has 0 bridgehead atoms. The minimum Gasteiger partial charge on any atom is -0.357 e. The second-order valence-electron chi connectivity index (χ2n) is 5.73. The van der Waals surface area contributed by atoms with Crippen LogP contribution in [0.25, 0.3) is 10.9 Å². The summed E-state index contributed by atoms with van der Waals surface area (Å²) in [6.45, 7) is 1.01. The summed E-state index contributed by atoms with van der Waals surface area (Å²) in [4.78, 5) is 17.5. The van der Waals surface area contributed by atoms with Crippen LogP contribution in [0.15, 0.2) is 42.5 Å². The molecule has 0 saturated carbocycles. The molecule has 23 heavy (non-hydrogen) atoms. The first-order valence-corrected chi connectivity index (χ1v) is 7.46. The molecule has 116 valence electrons. The number of aromatic nitrogens is 1. The molecule has 2 aromatic carbocycles. The van der Waals surface area contributed by atoms with E-state index in [1.807, 2.05) is 18.2 Å². The maximum absolute atomic E-state index is 13.3. The predicted octanol–water partition coefficient (Wildman–Crippen LogP) is 3.64. The van der Waals surface area contributed by atoms with Crippen molar-refractivity contribution in [1.82, 2.24) is 9.88 Å². The SMILES string of the molecule is O=C(c1ccc(F)c(F)c1)N1CCc2c([nH]c3ccccc23)C1. The van der Waals surface area contributed by atoms with Gasteiger partial charge >= 0.3 is 0 Å². The first-order chi connectivity index (χ1) is 11.1. The van der Waals surface area contributed by atoms with Crippen molar-refractivity contribution in [2.24, 2.45) is 0 Å². The van der Waals surface area contributed by atoms with Gasteiger partial charge in [0.05, 0.1) is 6.54 Å². The van der Waals surface area contributed by atoms with Gasteiger partial charge in [-0.25, -0.2) is 8.78 Å². The van der Waals surface area contributed by atoms with Crippen molar-refractivity contribution in [1.29, 1.82) is 0 Å². The predicted molar refractivity (Wildman–Crippen MR) is 83.1 cm³/mol. The Kier molecular flexibility index (Phi) is 3.15. The first kappa shape index (κ1) is 13.9. The van der Waals surface area contributed by atoms with E-state index in [1.54, 1.807) is 4.90 Å². The zero-order valence-electron chi connectivity index (χ0n) is 12.3. The highest BCUT2D eigenvalue weighted by Crippen LogP contribution is 2.28. The highest BCUT2D eigenvalue weighted by atomic mass is 19.2. The third kappa shape index (κ3) is 2.29. The van der Waals surface area contributed by atoms with Crippen LogP contribution in [0.3, 0.4) is 0 Å². The van der Waals surface area contributed by atoms with E-state index in [0.717, 1.165) is 29.8 Å². The number of hydrogen-bond acceptors (Lipinski definition) is 1. The summed E-state index contributed by atoms with van der Waals surface area (Å²) in [7, 11) is 0. The van der Waals surface area contributed by atoms with E-state index in [0.29, 0.717) is 13.1 Å². The van der Waals surface area contributed by atoms with Crippen LogP contribution < -0.4 is 0 Å². The van der Waals surface area contributed by atoms with Gasteiger partial charge in [0.25, 0.3) is 5.91 Å². The molecule has 1 N–H and O–H groups in total. The summed E-state index contributed by atoms with van der Waals surface area (Å²) < 4.78 is 26.3. The fraction of sp³-hybridized carbons (Fsp3) is 0.167. The average Bonchev–Trinajstić information content (AvgIpc) is 2.94. The second kappa shape index (κ2) is 5.19. The van der Waals surface area contributed by atoms with Crippen LogP contribution >= 0.6 is 0 Å². The number of hydrogen-bond donors (Lipinski definition) is 1. The number of nitrogens with one attached hydrogen (secondary N) is 1. The lowest BCUT2D eigenvalue weighted by Gasteiger charge is -2.27. The standard InChI is InChI=1S/C18H14F2N2O/c19-14-6-5-11(9-15(14)20)18(23)22-8-7-13-12-3-1-2-4-16(12)21-17(13)10-22/h1-6,9,21H,7-8,10H2. The van der Waals surface area contributed by atoms with Crippen molar-refractivity contribution in [3.8, 4) is 0 Å². The van der Waals surface area contributed by atoms with E-state index in [-0.39, 0.29) is 11.5 Å². The largest absolute Gasteiger partial charge is 0.357 e. The quantitative estimate of drug-likeness (QED) is 0.731. The molecule has 1 amide bonds. The van der Waals surface area contributed by atoms with Gasteiger partial charge in [0, 0.05) is 28.7 Å². The second-order valence-corrected chi connectivity index (χ2v) is 5.73. The molecular weight excluding hydrogens is 298 g/mol. The Hall–Kier alpha value is -2.69. The van der Waals surface area contributed by atoms with Crippen molar-refractivity contribution >= 4 is 16.8 Å². The van der Waals surface area contributed by atoms with Gasteiger partial charge in [-0.1, -0.05) is 18.2 Å². The van der Waals surface area contributed by atoms with Gasteiger partial charge in [0.2, 0.25) is 0 Å². The average molecular weight is 312 g/mol. The number of fused-ring (bicyclic) bond motifs is 3. The highest BCUT2D eigenvalue weighted by molar-refractivity contribution is 5.94. The fourth-order valence-electron chi connectivity index (χ4n) is 3.18. The Morgan fingerprint density at radius 2 is 1.91 bits per heavy atom. The van der Waals surface area contributed by atoms with Crippen molar-refractivity contribution < 1.29 is 13.6 Å². The third-order valence-corrected chi connectivity index (χ3v) is 4.34. The number of carbonyl (C=O) groups is 1. The fourth-order valence-corrected chi connectivity index (χ4v) is 3.18. The van der Waals surface area contributed by atoms with E-state index >= 15 is 0 Å². The molecule has 0 spiro atoms. The van der Waals surface area contributed by atoms with E-state index in [1.165, 1.54) is 17.0 Å². The number of aromatic amines is 1. The van der Waals surface area contributed by atoms with E-state index < -0.39 is 11.6 Å². The Morgan fingerprint density at radius 1 is 1.09 bits per heavy atom. The first-order valence-electron chi connectivity index (χ1n) is 7.46. The van der Waals surface area contributed by atoms with Crippen LogP contribution in [-0.4, -0.2) is 22.3 Å². The maximum Gasteiger partial charge on any atom is 0.254 e. The van der Waals surface area contributed by atoms with Crippen LogP contribution in [0, 0.1) is 11.6 Å². The lowest BCUT2D eigenvalue weighted by atomic mass is 10.0. The smallest absolute Gasteiger partial charge is 0.254 e. The molecule has 0 atom stereocenters. The highest BCUT2D eigenvalue weighted by Gasteiger charge is 2.25. The van der Waals surface area contributed by atoms with Gasteiger partial charge in [-0.05, 0) is 36.2 Å². The zero-order valence-corrected chi connectivity index (χ0v) is 12.3. The Bertz CT molecular complexity index is 917. The number of carbonyl (C=O) groups excluding carboxylic acids is 1. The number of amides is 1. The molecule has 4 rings (SSSR count). The number of nitrogens with zero attached hydrogens (tertiary/aromatic N) is 1. The van der Waals surface area contributed by atoms with Gasteiger partial charge in [0.1, 0.15) is 0 Å². The Balaban J connectivity index is 1.64. The molecule has 1 aromatic heterocycles. The molecule has 0 saturated heterocycles. The van der Waals surface area contributed by atoms with Crippen LogP contribution in [0.5, 0.6) is 0 Å². The molecule has 0 radical (unpaired) electrons. The van der Waals surface area contributed by atoms with Crippen LogP contribution in [0.2, 0.25) is 0 Å². The van der Waals surface area contributed by atoms with E-state index in [2.05, 4.69) is 11.1 Å². The van der Waals surface area contributed by atoms with E-state index in [4.69, 9.17) is 0 Å². The molecule has 1 aliphatic heterocycles. The van der Waals surface area contributed by atoms with Gasteiger partial charge < -0.3 is 9.88 Å². The zero-order chi connectivity index (χ0) is 16.0. The minimum absolute atomic E-state index is 0.170. The van der Waals surface area contributed by atoms with Crippen LogP contribution in [-0.2, 0) is 13.0 Å². The third-order valence-electron chi connectivity index (χ3n) is 4.34. The molecule has 2 heterocycles. The van der Waals surface area contributed by atoms with Crippen LogP contribution in [0.1, 0.15) is 21.6 Å². The number of H-pyrrole nitrogens is 1. The summed E-state index contributed by atoms with van der Waals surface area (Å²) in [6, 6.07) is 11.3. The Morgan fingerprint density at radius 3 is 2.74 bits per heavy atom. The molecule has 5 heteroatoms.